The van der Waals surface area contributed by atoms with E-state index >= 15 is 0 Å². The molecule has 0 aliphatic carbocycles. The molecule has 0 fully saturated rings. The van der Waals surface area contributed by atoms with Crippen LogP contribution >= 0.6 is 0 Å². The Morgan fingerprint density at radius 3 is 1.75 bits per heavy atom. The molecule has 2 aromatic carbocycles. The Morgan fingerprint density at radius 1 is 0.750 bits per heavy atom. The van der Waals surface area contributed by atoms with Gasteiger partial charge in [0.25, 0.3) is 0 Å². The summed E-state index contributed by atoms with van der Waals surface area (Å²) >= 11 is 0. The maximum Gasteiger partial charge on any atom is 0.215 e. The molecule has 2 heteroatoms. The molecule has 0 saturated carbocycles. The number of benzene rings is 2. The van der Waals surface area contributed by atoms with Crippen LogP contribution in [-0.4, -0.2) is 10.4 Å². The van der Waals surface area contributed by atoms with Crippen LogP contribution in [0.2, 0.25) is 0 Å². The number of hydrogen-bond donors (Lipinski definition) is 0. The average Bonchev–Trinajstić information content (AvgIpc) is 3.11. The Kier molecular flexibility index (Phi) is 8.44. The van der Waals surface area contributed by atoms with Crippen molar-refractivity contribution in [3.8, 4) is 0 Å². The van der Waals surface area contributed by atoms with Crippen molar-refractivity contribution in [1.29, 1.82) is 0 Å². The largest absolute Gasteiger partial charge is 0.448 e. The van der Waals surface area contributed by atoms with E-state index in [9.17, 15) is 0 Å². The van der Waals surface area contributed by atoms with Gasteiger partial charge in [-0.1, -0.05) is 88.8 Å². The molecular weight excluding hydrogens is 388 g/mol. The predicted molar refractivity (Wildman–Crippen MR) is 140 cm³/mol. The van der Waals surface area contributed by atoms with Gasteiger partial charge >= 0.3 is 0 Å². The first kappa shape index (κ1) is 23.5. The molecule has 0 aromatic heterocycles. The molecule has 0 amide bonds. The zero-order valence-electron chi connectivity index (χ0n) is 20.0. The van der Waals surface area contributed by atoms with E-state index in [0.29, 0.717) is 0 Å². The van der Waals surface area contributed by atoms with Gasteiger partial charge in [-0.25, -0.2) is 4.68 Å². The first-order valence-electron chi connectivity index (χ1n) is 12.0. The van der Waals surface area contributed by atoms with Crippen molar-refractivity contribution in [1.82, 2.24) is 0 Å². The van der Waals surface area contributed by atoms with Crippen molar-refractivity contribution in [2.75, 3.05) is 0 Å². The van der Waals surface area contributed by atoms with Crippen LogP contribution in [0.4, 0.5) is 0 Å². The summed E-state index contributed by atoms with van der Waals surface area (Å²) in [7, 11) is 0. The number of nitrogens with one attached hydrogen (secondary N) is 1. The Bertz CT molecular complexity index is 1060. The summed E-state index contributed by atoms with van der Waals surface area (Å²) in [4.78, 5) is 0. The minimum Gasteiger partial charge on any atom is -0.448 e. The summed E-state index contributed by atoms with van der Waals surface area (Å²) in [6.07, 6.45) is 16.1. The van der Waals surface area contributed by atoms with Crippen LogP contribution < -0.4 is 0 Å². The zero-order valence-corrected chi connectivity index (χ0v) is 20.0. The van der Waals surface area contributed by atoms with E-state index < -0.39 is 0 Å². The highest BCUT2D eigenvalue weighted by Crippen LogP contribution is 2.37. The van der Waals surface area contributed by atoms with Crippen molar-refractivity contribution < 1.29 is 4.68 Å². The van der Waals surface area contributed by atoms with Crippen LogP contribution in [0.25, 0.3) is 23.7 Å². The number of hydrogen-bond acceptors (Lipinski definition) is 0. The molecule has 0 unspecified atom stereocenters. The van der Waals surface area contributed by atoms with Crippen LogP contribution in [-0.2, 0) is 0 Å². The Hall–Kier alpha value is -3.13. The van der Waals surface area contributed by atoms with Gasteiger partial charge in [-0.2, -0.15) is 0 Å². The minimum atomic E-state index is 0.901. The summed E-state index contributed by atoms with van der Waals surface area (Å²) in [5, 5.41) is 0. The smallest absolute Gasteiger partial charge is 0.215 e. The molecule has 3 rings (SSSR count). The SMILES string of the molecule is CCC=Cc1ccc(C2=C(CC)C(=CCCC)C(c3ccc(C=CCC)cc3)=[N+]2[NH-])cc1. The normalized spacial score (nSPS) is 15.8. The highest BCUT2D eigenvalue weighted by molar-refractivity contribution is 6.16. The van der Waals surface area contributed by atoms with Gasteiger partial charge in [-0.15, -0.1) is 0 Å². The molecule has 1 N–H and O–H groups in total. The second-order valence-electron chi connectivity index (χ2n) is 8.14. The van der Waals surface area contributed by atoms with E-state index in [1.54, 1.807) is 4.68 Å². The Balaban J connectivity index is 2.09. The highest BCUT2D eigenvalue weighted by atomic mass is 15.3. The molecule has 0 spiro atoms. The lowest BCUT2D eigenvalue weighted by atomic mass is 9.93. The van der Waals surface area contributed by atoms with Crippen molar-refractivity contribution in [2.24, 2.45) is 0 Å². The van der Waals surface area contributed by atoms with Crippen molar-refractivity contribution in [3.63, 3.8) is 0 Å². The van der Waals surface area contributed by atoms with Gasteiger partial charge in [0.2, 0.25) is 11.4 Å². The number of rotatable bonds is 9. The van der Waals surface area contributed by atoms with Crippen molar-refractivity contribution >= 4 is 23.6 Å². The summed E-state index contributed by atoms with van der Waals surface area (Å²) in [6, 6.07) is 17.2. The molecule has 1 aliphatic heterocycles. The van der Waals surface area contributed by atoms with Gasteiger partial charge in [0.1, 0.15) is 0 Å². The molecule has 1 aliphatic rings. The third kappa shape index (κ3) is 5.19. The minimum absolute atomic E-state index is 0.901. The fourth-order valence-electron chi connectivity index (χ4n) is 4.10. The zero-order chi connectivity index (χ0) is 22.9. The van der Waals surface area contributed by atoms with Gasteiger partial charge in [0.15, 0.2) is 0 Å². The van der Waals surface area contributed by atoms with Crippen molar-refractivity contribution in [3.05, 3.63) is 106 Å². The average molecular weight is 425 g/mol. The molecule has 0 saturated heterocycles. The van der Waals surface area contributed by atoms with Gasteiger partial charge in [0.05, 0.1) is 5.57 Å². The molecule has 2 nitrogen and oxygen atoms in total. The highest BCUT2D eigenvalue weighted by Gasteiger charge is 2.34. The summed E-state index contributed by atoms with van der Waals surface area (Å²) < 4.78 is 1.66. The first-order valence-corrected chi connectivity index (χ1v) is 12.0. The van der Waals surface area contributed by atoms with Crippen LogP contribution in [0.15, 0.2) is 77.9 Å². The summed E-state index contributed by atoms with van der Waals surface area (Å²) in [6.45, 7) is 8.70. The lowest BCUT2D eigenvalue weighted by Gasteiger charge is -2.08. The number of nitrogens with zero attached hydrogens (tertiary/aromatic N) is 1. The number of allylic oxidation sites excluding steroid dienone is 5. The Labute approximate surface area is 194 Å². The lowest BCUT2D eigenvalue weighted by molar-refractivity contribution is -0.347. The van der Waals surface area contributed by atoms with Gasteiger partial charge < -0.3 is 5.84 Å². The predicted octanol–water partition coefficient (Wildman–Crippen LogP) is 8.86. The van der Waals surface area contributed by atoms with E-state index in [0.717, 1.165) is 54.6 Å². The second-order valence-corrected chi connectivity index (χ2v) is 8.14. The van der Waals surface area contributed by atoms with E-state index in [4.69, 9.17) is 5.84 Å². The topological polar surface area (TPSA) is 26.8 Å². The molecule has 1 heterocycles. The van der Waals surface area contributed by atoms with Gasteiger partial charge in [-0.05, 0) is 61.1 Å². The lowest BCUT2D eigenvalue weighted by Crippen LogP contribution is -2.11. The van der Waals surface area contributed by atoms with Crippen molar-refractivity contribution in [2.45, 2.75) is 59.8 Å². The fourth-order valence-corrected chi connectivity index (χ4v) is 4.10. The Morgan fingerprint density at radius 2 is 1.28 bits per heavy atom. The molecule has 32 heavy (non-hydrogen) atoms. The maximum absolute atomic E-state index is 9.12. The number of unbranched alkanes of at least 4 members (excludes halogenated alkanes) is 1. The van der Waals surface area contributed by atoms with Crippen LogP contribution in [0.5, 0.6) is 0 Å². The van der Waals surface area contributed by atoms with E-state index in [1.165, 1.54) is 22.3 Å². The van der Waals surface area contributed by atoms with Crippen LogP contribution in [0.3, 0.4) is 0 Å². The van der Waals surface area contributed by atoms with Crippen LogP contribution in [0.1, 0.15) is 82.1 Å². The van der Waals surface area contributed by atoms with E-state index in [-0.39, 0.29) is 0 Å². The molecular formula is C30H36N2. The molecule has 2 aromatic rings. The van der Waals surface area contributed by atoms with Gasteiger partial charge in [0, 0.05) is 16.7 Å². The first-order chi connectivity index (χ1) is 15.6. The molecule has 0 radical (unpaired) electrons. The van der Waals surface area contributed by atoms with Crippen LogP contribution in [0, 0.1) is 0 Å². The summed E-state index contributed by atoms with van der Waals surface area (Å²) in [5.41, 5.74) is 9.07. The fraction of sp³-hybridized carbons (Fsp3) is 0.300. The monoisotopic (exact) mass is 424 g/mol. The quantitative estimate of drug-likeness (QED) is 0.359. The standard InChI is InChI=1S/C30H36N2/c1-5-9-12-23-15-19-25(20-16-23)29-27(8-4)28(14-11-7-3)30(32(29)31)26-21-17-24(18-22-26)13-10-6-2/h9-10,12-22,31H,5-8,11H2,1-4H3. The third-order valence-electron chi connectivity index (χ3n) is 5.76. The third-order valence-corrected chi connectivity index (χ3v) is 5.76. The molecule has 166 valence electrons. The van der Waals surface area contributed by atoms with E-state index in [1.807, 2.05) is 0 Å². The second kappa shape index (κ2) is 11.5. The molecule has 0 atom stereocenters. The van der Waals surface area contributed by atoms with E-state index in [2.05, 4.69) is 107 Å². The molecule has 0 bridgehead atoms. The summed E-state index contributed by atoms with van der Waals surface area (Å²) in [5.74, 6) is 9.12. The van der Waals surface area contributed by atoms with Gasteiger partial charge in [-0.3, -0.25) is 0 Å². The maximum atomic E-state index is 9.12.